The summed E-state index contributed by atoms with van der Waals surface area (Å²) in [4.78, 5) is 4.41. The van der Waals surface area contributed by atoms with Gasteiger partial charge in [0.05, 0.1) is 5.02 Å². The fourth-order valence-corrected chi connectivity index (χ4v) is 2.37. The van der Waals surface area contributed by atoms with Crippen LogP contribution in [-0.2, 0) is 0 Å². The standard InChI is InChI=1S/C13H14BrClN2/c1-13(2,3)17-12-11-8(9(14)7-16-12)5-4-6-10(11)15/h4-7H,1-3H3,(H,16,17). The SMILES string of the molecule is CC(C)(C)Nc1ncc(Br)c2cccc(Cl)c12. The van der Waals surface area contributed by atoms with E-state index in [1.807, 2.05) is 18.2 Å². The molecule has 90 valence electrons. The van der Waals surface area contributed by atoms with Crippen molar-refractivity contribution in [1.82, 2.24) is 4.98 Å². The van der Waals surface area contributed by atoms with Gasteiger partial charge in [0.1, 0.15) is 5.82 Å². The van der Waals surface area contributed by atoms with Gasteiger partial charge >= 0.3 is 0 Å². The molecule has 0 amide bonds. The number of benzene rings is 1. The summed E-state index contributed by atoms with van der Waals surface area (Å²) in [7, 11) is 0. The van der Waals surface area contributed by atoms with Crippen molar-refractivity contribution < 1.29 is 0 Å². The molecular weight excluding hydrogens is 300 g/mol. The fraction of sp³-hybridized carbons (Fsp3) is 0.308. The Bertz CT molecular complexity index is 561. The minimum absolute atomic E-state index is 0.0487. The summed E-state index contributed by atoms with van der Waals surface area (Å²) in [6.45, 7) is 6.29. The summed E-state index contributed by atoms with van der Waals surface area (Å²) in [6.07, 6.45) is 1.80. The fourth-order valence-electron chi connectivity index (χ4n) is 1.67. The van der Waals surface area contributed by atoms with E-state index in [-0.39, 0.29) is 5.54 Å². The zero-order valence-corrected chi connectivity index (χ0v) is 12.4. The molecule has 0 saturated heterocycles. The van der Waals surface area contributed by atoms with Crippen molar-refractivity contribution in [3.05, 3.63) is 33.9 Å². The summed E-state index contributed by atoms with van der Waals surface area (Å²) < 4.78 is 0.953. The topological polar surface area (TPSA) is 24.9 Å². The van der Waals surface area contributed by atoms with E-state index in [1.165, 1.54) is 0 Å². The number of hydrogen-bond acceptors (Lipinski definition) is 2. The molecule has 0 aliphatic carbocycles. The summed E-state index contributed by atoms with van der Waals surface area (Å²) in [5, 5.41) is 6.11. The molecule has 0 aliphatic rings. The highest BCUT2D eigenvalue weighted by Gasteiger charge is 2.15. The molecule has 1 aromatic heterocycles. The van der Waals surface area contributed by atoms with Crippen molar-refractivity contribution in [1.29, 1.82) is 0 Å². The van der Waals surface area contributed by atoms with E-state index in [4.69, 9.17) is 11.6 Å². The molecule has 4 heteroatoms. The van der Waals surface area contributed by atoms with E-state index in [1.54, 1.807) is 6.20 Å². The Kier molecular flexibility index (Phi) is 3.32. The average Bonchev–Trinajstić information content (AvgIpc) is 2.21. The van der Waals surface area contributed by atoms with Crippen molar-refractivity contribution in [2.45, 2.75) is 26.3 Å². The van der Waals surface area contributed by atoms with Crippen LogP contribution < -0.4 is 5.32 Å². The number of nitrogens with one attached hydrogen (secondary N) is 1. The van der Waals surface area contributed by atoms with Crippen LogP contribution in [0.3, 0.4) is 0 Å². The van der Waals surface area contributed by atoms with Gasteiger partial charge in [-0.15, -0.1) is 0 Å². The van der Waals surface area contributed by atoms with Gasteiger partial charge in [0.2, 0.25) is 0 Å². The first-order chi connectivity index (χ1) is 7.88. The molecule has 17 heavy (non-hydrogen) atoms. The number of nitrogens with zero attached hydrogens (tertiary/aromatic N) is 1. The average molecular weight is 314 g/mol. The minimum Gasteiger partial charge on any atom is -0.365 e. The third-order valence-electron chi connectivity index (χ3n) is 2.31. The third-order valence-corrected chi connectivity index (χ3v) is 3.26. The van der Waals surface area contributed by atoms with Crippen molar-refractivity contribution in [3.8, 4) is 0 Å². The Balaban J connectivity index is 2.69. The van der Waals surface area contributed by atoms with Gasteiger partial charge in [-0.05, 0) is 42.8 Å². The Morgan fingerprint density at radius 1 is 1.29 bits per heavy atom. The molecule has 2 aromatic rings. The zero-order chi connectivity index (χ0) is 12.6. The molecule has 0 saturated carbocycles. The van der Waals surface area contributed by atoms with Gasteiger partial charge in [-0.25, -0.2) is 4.98 Å². The Hall–Kier alpha value is -0.800. The summed E-state index contributed by atoms with van der Waals surface area (Å²) in [5.41, 5.74) is -0.0487. The van der Waals surface area contributed by atoms with Crippen molar-refractivity contribution in [2.24, 2.45) is 0 Å². The van der Waals surface area contributed by atoms with E-state index in [0.29, 0.717) is 5.02 Å². The lowest BCUT2D eigenvalue weighted by atomic mass is 10.1. The molecule has 0 aliphatic heterocycles. The van der Waals surface area contributed by atoms with Crippen molar-refractivity contribution >= 4 is 44.1 Å². The molecule has 0 unspecified atom stereocenters. The van der Waals surface area contributed by atoms with Crippen LogP contribution in [0, 0.1) is 0 Å². The summed E-state index contributed by atoms with van der Waals surface area (Å²) in [5.74, 6) is 0.821. The molecule has 1 N–H and O–H groups in total. The normalized spacial score (nSPS) is 11.8. The predicted molar refractivity (Wildman–Crippen MR) is 77.8 cm³/mol. The van der Waals surface area contributed by atoms with Gasteiger partial charge in [-0.3, -0.25) is 0 Å². The van der Waals surface area contributed by atoms with Gasteiger partial charge < -0.3 is 5.32 Å². The molecule has 0 fully saturated rings. The smallest absolute Gasteiger partial charge is 0.135 e. The Morgan fingerprint density at radius 2 is 2.00 bits per heavy atom. The van der Waals surface area contributed by atoms with Crippen LogP contribution >= 0.6 is 27.5 Å². The quantitative estimate of drug-likeness (QED) is 0.813. The number of anilines is 1. The van der Waals surface area contributed by atoms with Gasteiger partial charge in [-0.2, -0.15) is 0 Å². The van der Waals surface area contributed by atoms with E-state index in [2.05, 4.69) is 47.0 Å². The van der Waals surface area contributed by atoms with Crippen molar-refractivity contribution in [3.63, 3.8) is 0 Å². The first kappa shape index (κ1) is 12.7. The molecular formula is C13H14BrClN2. The lowest BCUT2D eigenvalue weighted by Gasteiger charge is -2.22. The van der Waals surface area contributed by atoms with Crippen molar-refractivity contribution in [2.75, 3.05) is 5.32 Å². The largest absolute Gasteiger partial charge is 0.365 e. The number of rotatable bonds is 1. The van der Waals surface area contributed by atoms with Gasteiger partial charge in [0, 0.05) is 27.0 Å². The van der Waals surface area contributed by atoms with Gasteiger partial charge in [-0.1, -0.05) is 23.7 Å². The highest BCUT2D eigenvalue weighted by atomic mass is 79.9. The monoisotopic (exact) mass is 312 g/mol. The van der Waals surface area contributed by atoms with Gasteiger partial charge in [0.15, 0.2) is 0 Å². The van der Waals surface area contributed by atoms with Gasteiger partial charge in [0.25, 0.3) is 0 Å². The lowest BCUT2D eigenvalue weighted by molar-refractivity contribution is 0.631. The Labute approximate surface area is 115 Å². The van der Waals surface area contributed by atoms with Crippen LogP contribution in [0.5, 0.6) is 0 Å². The lowest BCUT2D eigenvalue weighted by Crippen LogP contribution is -2.26. The number of hydrogen-bond donors (Lipinski definition) is 1. The van der Waals surface area contributed by atoms with Crippen LogP contribution in [-0.4, -0.2) is 10.5 Å². The van der Waals surface area contributed by atoms with E-state index >= 15 is 0 Å². The first-order valence-corrected chi connectivity index (χ1v) is 6.56. The number of pyridine rings is 1. The second kappa shape index (κ2) is 4.46. The molecule has 1 aromatic carbocycles. The van der Waals surface area contributed by atoms with Crippen LogP contribution in [0.25, 0.3) is 10.8 Å². The maximum atomic E-state index is 6.26. The molecule has 2 rings (SSSR count). The predicted octanol–water partition coefficient (Wildman–Crippen LogP) is 4.86. The molecule has 1 heterocycles. The second-order valence-electron chi connectivity index (χ2n) is 4.99. The van der Waals surface area contributed by atoms with E-state index in [0.717, 1.165) is 21.1 Å². The molecule has 0 spiro atoms. The maximum Gasteiger partial charge on any atom is 0.135 e. The van der Waals surface area contributed by atoms with Crippen LogP contribution in [0.4, 0.5) is 5.82 Å². The highest BCUT2D eigenvalue weighted by Crippen LogP contribution is 2.34. The van der Waals surface area contributed by atoms with E-state index in [9.17, 15) is 0 Å². The number of halogens is 2. The highest BCUT2D eigenvalue weighted by molar-refractivity contribution is 9.10. The number of fused-ring (bicyclic) bond motifs is 1. The summed E-state index contributed by atoms with van der Waals surface area (Å²) >= 11 is 9.76. The first-order valence-electron chi connectivity index (χ1n) is 5.39. The van der Waals surface area contributed by atoms with Crippen LogP contribution in [0.15, 0.2) is 28.9 Å². The van der Waals surface area contributed by atoms with Crippen LogP contribution in [0.2, 0.25) is 5.02 Å². The molecule has 0 bridgehead atoms. The Morgan fingerprint density at radius 3 is 2.65 bits per heavy atom. The number of aromatic nitrogens is 1. The third kappa shape index (κ3) is 2.72. The second-order valence-corrected chi connectivity index (χ2v) is 6.25. The summed E-state index contributed by atoms with van der Waals surface area (Å²) in [6, 6.07) is 5.85. The molecule has 2 nitrogen and oxygen atoms in total. The molecule has 0 atom stereocenters. The maximum absolute atomic E-state index is 6.26. The van der Waals surface area contributed by atoms with Crippen LogP contribution in [0.1, 0.15) is 20.8 Å². The minimum atomic E-state index is -0.0487. The zero-order valence-electron chi connectivity index (χ0n) is 10.0. The van der Waals surface area contributed by atoms with E-state index < -0.39 is 0 Å². The molecule has 0 radical (unpaired) electrons.